The number of hydrogen-bond acceptors (Lipinski definition) is 4. The maximum Gasteiger partial charge on any atom is 0.337 e. The Hall–Kier alpha value is -1.58. The Kier molecular flexibility index (Phi) is 4.26. The number of aromatic nitrogens is 2. The fourth-order valence-corrected chi connectivity index (χ4v) is 3.46. The van der Waals surface area contributed by atoms with Crippen LogP contribution in [0.3, 0.4) is 0 Å². The molecule has 0 aliphatic rings. The van der Waals surface area contributed by atoms with Gasteiger partial charge in [-0.2, -0.15) is 5.10 Å². The molecule has 2 rings (SSSR count). The zero-order valence-corrected chi connectivity index (χ0v) is 13.7. The van der Waals surface area contributed by atoms with Crippen LogP contribution in [-0.4, -0.2) is 29.7 Å². The number of benzene rings is 1. The topological polar surface area (TPSA) is 112 Å². The van der Waals surface area contributed by atoms with Gasteiger partial charge in [-0.25, -0.2) is 13.2 Å². The molecule has 0 amide bonds. The van der Waals surface area contributed by atoms with Crippen molar-refractivity contribution < 1.29 is 18.3 Å². The SMILES string of the molecule is Cc1cn[nH]c1NS(=O)(=O)c1cc(Br)c(Cl)c(C(=O)O)c1. The lowest BCUT2D eigenvalue weighted by Gasteiger charge is -2.10. The van der Waals surface area contributed by atoms with Crippen molar-refractivity contribution in [2.24, 2.45) is 0 Å². The lowest BCUT2D eigenvalue weighted by molar-refractivity contribution is 0.0696. The van der Waals surface area contributed by atoms with Crippen molar-refractivity contribution in [1.29, 1.82) is 0 Å². The monoisotopic (exact) mass is 393 g/mol. The molecule has 7 nitrogen and oxygen atoms in total. The standard InChI is InChI=1S/C11H9BrClN3O4S/c1-5-4-14-15-10(5)16-21(19,20)6-2-7(11(17)18)9(13)8(12)3-6/h2-4H,1H3,(H,17,18)(H2,14,15,16). The molecule has 21 heavy (non-hydrogen) atoms. The van der Waals surface area contributed by atoms with Crippen LogP contribution < -0.4 is 4.72 Å². The zero-order chi connectivity index (χ0) is 15.8. The molecule has 1 aromatic heterocycles. The van der Waals surface area contributed by atoms with Crippen molar-refractivity contribution in [2.75, 3.05) is 4.72 Å². The van der Waals surface area contributed by atoms with Gasteiger partial charge in [0.2, 0.25) is 0 Å². The first-order chi connectivity index (χ1) is 9.72. The molecule has 1 heterocycles. The summed E-state index contributed by atoms with van der Waals surface area (Å²) in [6, 6.07) is 2.21. The van der Waals surface area contributed by atoms with Gasteiger partial charge in [0.25, 0.3) is 10.0 Å². The second kappa shape index (κ2) is 5.66. The van der Waals surface area contributed by atoms with E-state index in [1.165, 1.54) is 12.3 Å². The molecule has 10 heteroatoms. The Labute approximate surface area is 133 Å². The molecule has 0 atom stereocenters. The number of carboxylic acid groups (broad SMARTS) is 1. The van der Waals surface area contributed by atoms with Crippen LogP contribution in [-0.2, 0) is 10.0 Å². The second-order valence-electron chi connectivity index (χ2n) is 4.11. The molecule has 0 spiro atoms. The molecule has 0 fully saturated rings. The molecule has 0 saturated carbocycles. The van der Waals surface area contributed by atoms with Gasteiger partial charge in [0.05, 0.1) is 21.7 Å². The van der Waals surface area contributed by atoms with E-state index in [2.05, 4.69) is 30.8 Å². The number of halogens is 2. The highest BCUT2D eigenvalue weighted by Gasteiger charge is 2.22. The maximum atomic E-state index is 12.3. The van der Waals surface area contributed by atoms with Crippen molar-refractivity contribution >= 4 is 49.3 Å². The van der Waals surface area contributed by atoms with Gasteiger partial charge >= 0.3 is 5.97 Å². The highest BCUT2D eigenvalue weighted by Crippen LogP contribution is 2.30. The van der Waals surface area contributed by atoms with E-state index in [9.17, 15) is 13.2 Å². The van der Waals surface area contributed by atoms with Crippen LogP contribution >= 0.6 is 27.5 Å². The number of anilines is 1. The number of nitrogens with one attached hydrogen (secondary N) is 2. The van der Waals surface area contributed by atoms with Gasteiger partial charge < -0.3 is 5.11 Å². The van der Waals surface area contributed by atoms with Crippen LogP contribution in [0.15, 0.2) is 27.7 Å². The number of rotatable bonds is 4. The number of carbonyl (C=O) groups is 1. The van der Waals surface area contributed by atoms with E-state index in [1.54, 1.807) is 6.92 Å². The summed E-state index contributed by atoms with van der Waals surface area (Å²) in [6.45, 7) is 1.67. The Morgan fingerprint density at radius 3 is 2.67 bits per heavy atom. The first-order valence-electron chi connectivity index (χ1n) is 5.47. The number of carboxylic acids is 1. The third-order valence-electron chi connectivity index (χ3n) is 2.61. The number of hydrogen-bond donors (Lipinski definition) is 3. The van der Waals surface area contributed by atoms with Gasteiger partial charge in [-0.1, -0.05) is 11.6 Å². The highest BCUT2D eigenvalue weighted by molar-refractivity contribution is 9.10. The van der Waals surface area contributed by atoms with Crippen molar-refractivity contribution in [3.8, 4) is 0 Å². The zero-order valence-electron chi connectivity index (χ0n) is 10.5. The van der Waals surface area contributed by atoms with E-state index < -0.39 is 16.0 Å². The van der Waals surface area contributed by atoms with E-state index in [0.29, 0.717) is 5.56 Å². The average molecular weight is 395 g/mol. The van der Waals surface area contributed by atoms with Gasteiger partial charge in [-0.15, -0.1) is 0 Å². The molecule has 0 bridgehead atoms. The first kappa shape index (κ1) is 15.8. The van der Waals surface area contributed by atoms with Gasteiger partial charge in [-0.05, 0) is 35.0 Å². The van der Waals surface area contributed by atoms with E-state index in [4.69, 9.17) is 16.7 Å². The predicted molar refractivity (Wildman–Crippen MR) is 80.2 cm³/mol. The Balaban J connectivity index is 2.50. The molecule has 0 radical (unpaired) electrons. The Morgan fingerprint density at radius 1 is 1.48 bits per heavy atom. The maximum absolute atomic E-state index is 12.3. The summed E-state index contributed by atoms with van der Waals surface area (Å²) in [6.07, 6.45) is 1.46. The number of nitrogens with zero attached hydrogens (tertiary/aromatic N) is 1. The van der Waals surface area contributed by atoms with Gasteiger partial charge in [0.1, 0.15) is 5.82 Å². The third kappa shape index (κ3) is 3.20. The number of aromatic carboxylic acids is 1. The quantitative estimate of drug-likeness (QED) is 0.738. The van der Waals surface area contributed by atoms with Crippen LogP contribution in [0.5, 0.6) is 0 Å². The smallest absolute Gasteiger partial charge is 0.337 e. The molecule has 3 N–H and O–H groups in total. The minimum Gasteiger partial charge on any atom is -0.478 e. The van der Waals surface area contributed by atoms with Crippen molar-refractivity contribution in [2.45, 2.75) is 11.8 Å². The molecular formula is C11H9BrClN3O4S. The first-order valence-corrected chi connectivity index (χ1v) is 8.13. The van der Waals surface area contributed by atoms with Crippen LogP contribution in [0.25, 0.3) is 0 Å². The van der Waals surface area contributed by atoms with E-state index in [-0.39, 0.29) is 25.8 Å². The minimum absolute atomic E-state index is 0.0702. The molecule has 112 valence electrons. The summed E-state index contributed by atoms with van der Waals surface area (Å²) in [5, 5.41) is 15.2. The molecule has 2 aromatic rings. The number of H-pyrrole nitrogens is 1. The summed E-state index contributed by atoms with van der Waals surface area (Å²) in [5.41, 5.74) is 0.290. The Bertz CT molecular complexity index is 819. The van der Waals surface area contributed by atoms with Crippen molar-refractivity contribution in [3.63, 3.8) is 0 Å². The highest BCUT2D eigenvalue weighted by atomic mass is 79.9. The van der Waals surface area contributed by atoms with Crippen LogP contribution in [0.1, 0.15) is 15.9 Å². The average Bonchev–Trinajstić information content (AvgIpc) is 2.77. The summed E-state index contributed by atoms with van der Waals surface area (Å²) in [4.78, 5) is 10.9. The van der Waals surface area contributed by atoms with Crippen LogP contribution in [0.4, 0.5) is 5.82 Å². The largest absolute Gasteiger partial charge is 0.478 e. The van der Waals surface area contributed by atoms with Crippen molar-refractivity contribution in [3.05, 3.63) is 39.0 Å². The normalized spacial score (nSPS) is 11.4. The van der Waals surface area contributed by atoms with Gasteiger partial charge in [0, 0.05) is 10.0 Å². The molecule has 0 unspecified atom stereocenters. The fourth-order valence-electron chi connectivity index (χ4n) is 1.52. The summed E-state index contributed by atoms with van der Waals surface area (Å²) in [7, 11) is -3.97. The van der Waals surface area contributed by atoms with Gasteiger partial charge in [0.15, 0.2) is 0 Å². The molecule has 0 aliphatic heterocycles. The fraction of sp³-hybridized carbons (Fsp3) is 0.0909. The summed E-state index contributed by atoms with van der Waals surface area (Å²) >= 11 is 8.86. The number of aryl methyl sites for hydroxylation is 1. The predicted octanol–water partition coefficient (Wildman–Crippen LogP) is 2.63. The number of aromatic amines is 1. The van der Waals surface area contributed by atoms with Gasteiger partial charge in [-0.3, -0.25) is 9.82 Å². The second-order valence-corrected chi connectivity index (χ2v) is 7.02. The lowest BCUT2D eigenvalue weighted by Crippen LogP contribution is -2.15. The molecule has 0 aliphatic carbocycles. The van der Waals surface area contributed by atoms with Crippen LogP contribution in [0, 0.1) is 6.92 Å². The third-order valence-corrected chi connectivity index (χ3v) is 5.20. The van der Waals surface area contributed by atoms with Crippen molar-refractivity contribution in [1.82, 2.24) is 10.2 Å². The molecular weight excluding hydrogens is 386 g/mol. The van der Waals surface area contributed by atoms with E-state index >= 15 is 0 Å². The lowest BCUT2D eigenvalue weighted by atomic mass is 10.2. The summed E-state index contributed by atoms with van der Waals surface area (Å²) in [5.74, 6) is -1.12. The van der Waals surface area contributed by atoms with E-state index in [1.807, 2.05) is 0 Å². The minimum atomic E-state index is -3.97. The molecule has 0 saturated heterocycles. The molecule has 1 aromatic carbocycles. The van der Waals surface area contributed by atoms with E-state index in [0.717, 1.165) is 6.07 Å². The van der Waals surface area contributed by atoms with Crippen LogP contribution in [0.2, 0.25) is 5.02 Å². The summed E-state index contributed by atoms with van der Waals surface area (Å²) < 4.78 is 27.0. The Morgan fingerprint density at radius 2 is 2.14 bits per heavy atom. The number of sulfonamides is 1.